The second-order valence-corrected chi connectivity index (χ2v) is 6.68. The van der Waals surface area contributed by atoms with Gasteiger partial charge in [-0.3, -0.25) is 0 Å². The van der Waals surface area contributed by atoms with Crippen molar-refractivity contribution < 1.29 is 14.3 Å². The molecule has 1 aromatic heterocycles. The van der Waals surface area contributed by atoms with E-state index in [1.165, 1.54) is 0 Å². The molecule has 2 amide bonds. The molecule has 0 bridgehead atoms. The first-order chi connectivity index (χ1) is 10.7. The second kappa shape index (κ2) is 8.48. The van der Waals surface area contributed by atoms with Crippen molar-refractivity contribution in [1.29, 1.82) is 0 Å². The summed E-state index contributed by atoms with van der Waals surface area (Å²) in [7, 11) is 0. The number of nitrogens with zero attached hydrogens (tertiary/aromatic N) is 1. The Labute approximate surface area is 136 Å². The van der Waals surface area contributed by atoms with Gasteiger partial charge < -0.3 is 19.7 Å². The largest absolute Gasteiger partial charge is 0.467 e. The van der Waals surface area contributed by atoms with E-state index < -0.39 is 6.10 Å². The molecule has 1 aromatic rings. The van der Waals surface area contributed by atoms with Crippen molar-refractivity contribution in [3.8, 4) is 0 Å². The Morgan fingerprint density at radius 1 is 1.64 bits per heavy atom. The number of likely N-dealkylation sites (tertiary alicyclic amines) is 1. The van der Waals surface area contributed by atoms with E-state index >= 15 is 0 Å². The van der Waals surface area contributed by atoms with Crippen LogP contribution in [-0.2, 0) is 0 Å². The normalized spacial score (nSPS) is 20.9. The summed E-state index contributed by atoms with van der Waals surface area (Å²) in [6.07, 6.45) is 6.34. The van der Waals surface area contributed by atoms with Gasteiger partial charge in [-0.25, -0.2) is 4.79 Å². The maximum Gasteiger partial charge on any atom is 0.317 e. The Hall–Kier alpha value is -1.14. The number of carbonyl (C=O) groups excluding carboxylic acids is 1. The molecule has 124 valence electrons. The van der Waals surface area contributed by atoms with E-state index in [9.17, 15) is 9.90 Å². The highest BCUT2D eigenvalue weighted by atomic mass is 32.2. The maximum absolute atomic E-state index is 12.5. The minimum absolute atomic E-state index is 0.00459. The molecule has 2 rings (SSSR count). The van der Waals surface area contributed by atoms with Crippen molar-refractivity contribution in [3.63, 3.8) is 0 Å². The third-order valence-corrected chi connectivity index (χ3v) is 4.93. The summed E-state index contributed by atoms with van der Waals surface area (Å²) < 4.78 is 5.24. The maximum atomic E-state index is 12.5. The first-order valence-electron chi connectivity index (χ1n) is 7.93. The fourth-order valence-corrected chi connectivity index (χ4v) is 3.64. The zero-order valence-corrected chi connectivity index (χ0v) is 14.1. The van der Waals surface area contributed by atoms with E-state index in [1.54, 1.807) is 30.2 Å². The van der Waals surface area contributed by atoms with Crippen LogP contribution in [0.5, 0.6) is 0 Å². The highest BCUT2D eigenvalue weighted by molar-refractivity contribution is 7.98. The zero-order chi connectivity index (χ0) is 15.9. The van der Waals surface area contributed by atoms with E-state index in [4.69, 9.17) is 4.42 Å². The fraction of sp³-hybridized carbons (Fsp3) is 0.688. The number of rotatable bonds is 7. The number of thioether (sulfide) groups is 1. The molecule has 0 aromatic carbocycles. The molecule has 1 saturated heterocycles. The lowest BCUT2D eigenvalue weighted by molar-refractivity contribution is 0.107. The molecule has 22 heavy (non-hydrogen) atoms. The first-order valence-corrected chi connectivity index (χ1v) is 9.32. The van der Waals surface area contributed by atoms with Crippen molar-refractivity contribution in [2.75, 3.05) is 18.6 Å². The summed E-state index contributed by atoms with van der Waals surface area (Å²) in [5.41, 5.74) is 0. The van der Waals surface area contributed by atoms with Gasteiger partial charge in [0.2, 0.25) is 0 Å². The van der Waals surface area contributed by atoms with E-state index in [0.29, 0.717) is 12.2 Å². The molecular formula is C16H26N2O3S. The van der Waals surface area contributed by atoms with Crippen LogP contribution >= 0.6 is 11.8 Å². The Kier molecular flexibility index (Phi) is 6.64. The topological polar surface area (TPSA) is 65.7 Å². The first kappa shape index (κ1) is 17.2. The van der Waals surface area contributed by atoms with Crippen LogP contribution in [0.1, 0.15) is 44.5 Å². The van der Waals surface area contributed by atoms with Crippen molar-refractivity contribution in [2.24, 2.45) is 0 Å². The van der Waals surface area contributed by atoms with E-state index in [0.717, 1.165) is 31.6 Å². The second-order valence-electron chi connectivity index (χ2n) is 5.77. The average Bonchev–Trinajstić information content (AvgIpc) is 3.17. The predicted molar refractivity (Wildman–Crippen MR) is 89.0 cm³/mol. The third kappa shape index (κ3) is 4.43. The smallest absolute Gasteiger partial charge is 0.317 e. The van der Waals surface area contributed by atoms with Gasteiger partial charge in [0.15, 0.2) is 0 Å². The zero-order valence-electron chi connectivity index (χ0n) is 13.3. The Bertz CT molecular complexity index is 452. The van der Waals surface area contributed by atoms with E-state index in [1.807, 2.05) is 11.2 Å². The van der Waals surface area contributed by atoms with Gasteiger partial charge >= 0.3 is 6.03 Å². The van der Waals surface area contributed by atoms with Crippen LogP contribution in [-0.4, -0.2) is 46.7 Å². The molecule has 1 fully saturated rings. The molecule has 2 N–H and O–H groups in total. The van der Waals surface area contributed by atoms with Crippen molar-refractivity contribution >= 4 is 17.8 Å². The van der Waals surface area contributed by atoms with E-state index in [2.05, 4.69) is 12.2 Å². The third-order valence-electron chi connectivity index (χ3n) is 4.19. The van der Waals surface area contributed by atoms with Crippen LogP contribution in [0.4, 0.5) is 4.79 Å². The highest BCUT2D eigenvalue weighted by Crippen LogP contribution is 2.27. The number of hydrogen-bond donors (Lipinski definition) is 2. The van der Waals surface area contributed by atoms with Gasteiger partial charge in [-0.1, -0.05) is 6.92 Å². The van der Waals surface area contributed by atoms with Crippen LogP contribution in [0.25, 0.3) is 0 Å². The van der Waals surface area contributed by atoms with Gasteiger partial charge in [-0.05, 0) is 37.7 Å². The molecule has 1 aliphatic rings. The highest BCUT2D eigenvalue weighted by Gasteiger charge is 2.31. The molecule has 0 aliphatic carbocycles. The van der Waals surface area contributed by atoms with Gasteiger partial charge in [0.05, 0.1) is 6.26 Å². The number of aliphatic hydroxyl groups excluding tert-OH is 1. The SMILES string of the molecule is CCC(CSC)NC(=O)N1CCCC1CC(O)c1ccco1. The van der Waals surface area contributed by atoms with Gasteiger partial charge in [-0.2, -0.15) is 11.8 Å². The molecule has 0 saturated carbocycles. The molecule has 3 atom stereocenters. The predicted octanol–water partition coefficient (Wildman–Crippen LogP) is 3.02. The summed E-state index contributed by atoms with van der Waals surface area (Å²) in [6, 6.07) is 3.82. The molecule has 6 heteroatoms. The standard InChI is InChI=1S/C16H26N2O3S/c1-3-12(11-22-2)17-16(20)18-8-4-6-13(18)10-14(19)15-7-5-9-21-15/h5,7,9,12-14,19H,3-4,6,8,10-11H2,1-2H3,(H,17,20). The quantitative estimate of drug-likeness (QED) is 0.808. The summed E-state index contributed by atoms with van der Waals surface area (Å²) in [6.45, 7) is 2.85. The van der Waals surface area contributed by atoms with Gasteiger partial charge in [-0.15, -0.1) is 0 Å². The molecular weight excluding hydrogens is 300 g/mol. The van der Waals surface area contributed by atoms with Crippen molar-refractivity contribution in [1.82, 2.24) is 10.2 Å². The van der Waals surface area contributed by atoms with Crippen LogP contribution in [0, 0.1) is 0 Å². The van der Waals surface area contributed by atoms with E-state index in [-0.39, 0.29) is 18.1 Å². The molecule has 0 spiro atoms. The number of aliphatic hydroxyl groups is 1. The Morgan fingerprint density at radius 2 is 2.45 bits per heavy atom. The minimum atomic E-state index is -0.651. The number of furan rings is 1. The van der Waals surface area contributed by atoms with Crippen LogP contribution in [0.15, 0.2) is 22.8 Å². The average molecular weight is 326 g/mol. The van der Waals surface area contributed by atoms with Crippen LogP contribution in [0.2, 0.25) is 0 Å². The van der Waals surface area contributed by atoms with Crippen LogP contribution < -0.4 is 5.32 Å². The molecule has 5 nitrogen and oxygen atoms in total. The minimum Gasteiger partial charge on any atom is -0.467 e. The van der Waals surface area contributed by atoms with Gasteiger partial charge in [0, 0.05) is 30.8 Å². The van der Waals surface area contributed by atoms with Crippen LogP contribution in [0.3, 0.4) is 0 Å². The van der Waals surface area contributed by atoms with Gasteiger partial charge in [0.1, 0.15) is 11.9 Å². The number of urea groups is 1. The lowest BCUT2D eigenvalue weighted by atomic mass is 10.1. The van der Waals surface area contributed by atoms with Crippen molar-refractivity contribution in [2.45, 2.75) is 50.8 Å². The number of amides is 2. The Balaban J connectivity index is 1.90. The summed E-state index contributed by atoms with van der Waals surface area (Å²) in [4.78, 5) is 14.3. The molecule has 3 unspecified atom stereocenters. The summed E-state index contributed by atoms with van der Waals surface area (Å²) in [5.74, 6) is 1.50. The summed E-state index contributed by atoms with van der Waals surface area (Å²) >= 11 is 1.74. The monoisotopic (exact) mass is 326 g/mol. The molecule has 2 heterocycles. The summed E-state index contributed by atoms with van der Waals surface area (Å²) in [5, 5.41) is 13.3. The van der Waals surface area contributed by atoms with Crippen molar-refractivity contribution in [3.05, 3.63) is 24.2 Å². The number of hydrogen-bond acceptors (Lipinski definition) is 4. The Morgan fingerprint density at radius 3 is 3.09 bits per heavy atom. The fourth-order valence-electron chi connectivity index (χ4n) is 2.92. The number of nitrogens with one attached hydrogen (secondary N) is 1. The lowest BCUT2D eigenvalue weighted by Crippen LogP contribution is -2.47. The lowest BCUT2D eigenvalue weighted by Gasteiger charge is -2.28. The number of carbonyl (C=O) groups is 1. The molecule has 1 aliphatic heterocycles. The van der Waals surface area contributed by atoms with Gasteiger partial charge in [0.25, 0.3) is 0 Å². The molecule has 0 radical (unpaired) electrons.